The van der Waals surface area contributed by atoms with Crippen molar-refractivity contribution in [2.75, 3.05) is 6.61 Å². The summed E-state index contributed by atoms with van der Waals surface area (Å²) < 4.78 is 23.7. The van der Waals surface area contributed by atoms with Crippen molar-refractivity contribution in [1.82, 2.24) is 18.7 Å². The van der Waals surface area contributed by atoms with E-state index in [0.29, 0.717) is 12.2 Å². The number of hydrogen-bond donors (Lipinski definition) is 0. The Morgan fingerprint density at radius 1 is 1.18 bits per heavy atom. The van der Waals surface area contributed by atoms with Crippen molar-refractivity contribution in [2.45, 2.75) is 39.0 Å². The van der Waals surface area contributed by atoms with Crippen molar-refractivity contribution in [2.24, 2.45) is 7.05 Å². The maximum atomic E-state index is 14.0. The maximum absolute atomic E-state index is 14.0. The lowest BCUT2D eigenvalue weighted by molar-refractivity contribution is 0.0857. The zero-order valence-electron chi connectivity index (χ0n) is 16.6. The molecule has 2 heterocycles. The highest BCUT2D eigenvalue weighted by Crippen LogP contribution is 2.13. The molecule has 28 heavy (non-hydrogen) atoms. The van der Waals surface area contributed by atoms with Crippen molar-refractivity contribution in [3.05, 3.63) is 62.8 Å². The third-order valence-electron chi connectivity index (χ3n) is 4.61. The predicted octanol–water partition coefficient (Wildman–Crippen LogP) is 2.40. The van der Waals surface area contributed by atoms with Gasteiger partial charge in [0.05, 0.1) is 12.9 Å². The second kappa shape index (κ2) is 7.84. The molecule has 2 aromatic heterocycles. The molecule has 1 aromatic carbocycles. The minimum Gasteiger partial charge on any atom is -0.361 e. The highest BCUT2D eigenvalue weighted by atomic mass is 28.3. The van der Waals surface area contributed by atoms with Gasteiger partial charge in [-0.05, 0) is 12.1 Å². The molecule has 0 amide bonds. The molecule has 0 saturated heterocycles. The molecule has 9 heteroatoms. The monoisotopic (exact) mass is 404 g/mol. The van der Waals surface area contributed by atoms with E-state index in [9.17, 15) is 14.0 Å². The zero-order valence-corrected chi connectivity index (χ0v) is 17.6. The standard InChI is InChI=1S/C19H25FN4O3Si/c1-22-18(25)16-17(24(19(22)26)13-27-9-10-28(2,3)4)21-12-23(16)11-14-7-5-6-8-15(14)20/h5-8,12H,9-11,13H2,1-4H3. The van der Waals surface area contributed by atoms with E-state index in [1.165, 1.54) is 24.0 Å². The molecule has 0 spiro atoms. The van der Waals surface area contributed by atoms with Crippen LogP contribution < -0.4 is 11.2 Å². The quantitative estimate of drug-likeness (QED) is 0.448. The van der Waals surface area contributed by atoms with Gasteiger partial charge in [0.2, 0.25) is 0 Å². The van der Waals surface area contributed by atoms with Crippen molar-refractivity contribution in [1.29, 1.82) is 0 Å². The number of aromatic nitrogens is 4. The lowest BCUT2D eigenvalue weighted by Gasteiger charge is -2.16. The van der Waals surface area contributed by atoms with Crippen LogP contribution in [0.15, 0.2) is 40.2 Å². The molecule has 0 unspecified atom stereocenters. The predicted molar refractivity (Wildman–Crippen MR) is 109 cm³/mol. The van der Waals surface area contributed by atoms with E-state index >= 15 is 0 Å². The fourth-order valence-corrected chi connectivity index (χ4v) is 3.64. The molecule has 0 radical (unpaired) electrons. The number of nitrogens with zero attached hydrogens (tertiary/aromatic N) is 4. The Labute approximate surface area is 163 Å². The summed E-state index contributed by atoms with van der Waals surface area (Å²) in [5.41, 5.74) is -0.0154. The summed E-state index contributed by atoms with van der Waals surface area (Å²) in [7, 11) is 0.170. The van der Waals surface area contributed by atoms with Crippen LogP contribution in [0.3, 0.4) is 0 Å². The molecule has 3 aromatic rings. The molecule has 0 aliphatic carbocycles. The first-order chi connectivity index (χ1) is 13.2. The third kappa shape index (κ3) is 4.15. The summed E-state index contributed by atoms with van der Waals surface area (Å²) >= 11 is 0. The van der Waals surface area contributed by atoms with E-state index in [-0.39, 0.29) is 30.3 Å². The number of hydrogen-bond acceptors (Lipinski definition) is 4. The summed E-state index contributed by atoms with van der Waals surface area (Å²) in [6.07, 6.45) is 1.45. The molecule has 0 bridgehead atoms. The Morgan fingerprint density at radius 2 is 1.89 bits per heavy atom. The molecule has 0 aliphatic heterocycles. The third-order valence-corrected chi connectivity index (χ3v) is 6.32. The molecule has 0 atom stereocenters. The zero-order chi connectivity index (χ0) is 20.5. The van der Waals surface area contributed by atoms with Crippen LogP contribution in [0.25, 0.3) is 11.2 Å². The van der Waals surface area contributed by atoms with Crippen LogP contribution in [0.4, 0.5) is 4.39 Å². The van der Waals surface area contributed by atoms with Crippen molar-refractivity contribution in [3.63, 3.8) is 0 Å². The Hall–Kier alpha value is -2.52. The maximum Gasteiger partial charge on any atom is 0.334 e. The van der Waals surface area contributed by atoms with Gasteiger partial charge in [-0.25, -0.2) is 14.2 Å². The number of imidazole rings is 1. The Morgan fingerprint density at radius 3 is 2.57 bits per heavy atom. The van der Waals surface area contributed by atoms with Crippen LogP contribution in [0.2, 0.25) is 25.7 Å². The van der Waals surface area contributed by atoms with Gasteiger partial charge >= 0.3 is 5.69 Å². The molecule has 0 N–H and O–H groups in total. The van der Waals surface area contributed by atoms with Gasteiger partial charge in [-0.15, -0.1) is 0 Å². The van der Waals surface area contributed by atoms with Gasteiger partial charge in [-0.3, -0.25) is 13.9 Å². The first kappa shape index (κ1) is 20.2. The van der Waals surface area contributed by atoms with Gasteiger partial charge in [-0.1, -0.05) is 37.8 Å². The Bertz CT molecular complexity index is 1110. The number of halogens is 1. The van der Waals surface area contributed by atoms with E-state index in [1.807, 2.05) is 0 Å². The minimum absolute atomic E-state index is 0.0185. The van der Waals surface area contributed by atoms with Gasteiger partial charge < -0.3 is 9.30 Å². The first-order valence-electron chi connectivity index (χ1n) is 9.15. The smallest absolute Gasteiger partial charge is 0.334 e. The van der Waals surface area contributed by atoms with Crippen molar-refractivity contribution >= 4 is 19.2 Å². The van der Waals surface area contributed by atoms with Gasteiger partial charge in [-0.2, -0.15) is 0 Å². The van der Waals surface area contributed by atoms with E-state index in [4.69, 9.17) is 4.74 Å². The average Bonchev–Trinajstić information content (AvgIpc) is 3.04. The Balaban J connectivity index is 1.97. The fourth-order valence-electron chi connectivity index (χ4n) is 2.89. The molecule has 0 aliphatic rings. The average molecular weight is 405 g/mol. The lowest BCUT2D eigenvalue weighted by Crippen LogP contribution is -2.39. The largest absolute Gasteiger partial charge is 0.361 e. The summed E-state index contributed by atoms with van der Waals surface area (Å²) in [5, 5.41) is 0. The molecular formula is C19H25FN4O3Si. The molecule has 7 nitrogen and oxygen atoms in total. The number of rotatable bonds is 7. The molecule has 150 valence electrons. The minimum atomic E-state index is -1.25. The number of benzene rings is 1. The number of fused-ring (bicyclic) bond motifs is 1. The number of ether oxygens (including phenoxy) is 1. The molecular weight excluding hydrogens is 379 g/mol. The second-order valence-corrected chi connectivity index (χ2v) is 13.7. The van der Waals surface area contributed by atoms with Gasteiger partial charge in [0.15, 0.2) is 11.2 Å². The molecule has 0 saturated carbocycles. The summed E-state index contributed by atoms with van der Waals surface area (Å²) in [6.45, 7) is 7.45. The summed E-state index contributed by atoms with van der Waals surface area (Å²) in [5.74, 6) is -0.357. The summed E-state index contributed by atoms with van der Waals surface area (Å²) in [4.78, 5) is 29.5. The van der Waals surface area contributed by atoms with Crippen LogP contribution in [-0.4, -0.2) is 33.4 Å². The topological polar surface area (TPSA) is 71.1 Å². The molecule has 0 fully saturated rings. The van der Waals surface area contributed by atoms with Crippen LogP contribution in [-0.2, 0) is 25.1 Å². The first-order valence-corrected chi connectivity index (χ1v) is 12.9. The Kier molecular flexibility index (Phi) is 5.66. The van der Waals surface area contributed by atoms with Crippen LogP contribution in [0.5, 0.6) is 0 Å². The van der Waals surface area contributed by atoms with Crippen LogP contribution >= 0.6 is 0 Å². The van der Waals surface area contributed by atoms with E-state index < -0.39 is 19.3 Å². The molecule has 3 rings (SSSR count). The van der Waals surface area contributed by atoms with E-state index in [1.54, 1.807) is 22.8 Å². The second-order valence-electron chi connectivity index (χ2n) is 8.06. The van der Waals surface area contributed by atoms with Crippen molar-refractivity contribution < 1.29 is 9.13 Å². The van der Waals surface area contributed by atoms with Gasteiger partial charge in [0.1, 0.15) is 12.5 Å². The highest BCUT2D eigenvalue weighted by Gasteiger charge is 2.18. The lowest BCUT2D eigenvalue weighted by atomic mass is 10.2. The van der Waals surface area contributed by atoms with Crippen LogP contribution in [0, 0.1) is 5.82 Å². The summed E-state index contributed by atoms with van der Waals surface area (Å²) in [6, 6.07) is 7.34. The van der Waals surface area contributed by atoms with E-state index in [0.717, 1.165) is 10.6 Å². The SMILES string of the molecule is Cn1c(=O)c2c(ncn2Cc2ccccc2F)n(COCC[Si](C)(C)C)c1=O. The van der Waals surface area contributed by atoms with Gasteiger partial charge in [0, 0.05) is 27.3 Å². The van der Waals surface area contributed by atoms with Gasteiger partial charge in [0.25, 0.3) is 5.56 Å². The normalized spacial score (nSPS) is 12.0. The van der Waals surface area contributed by atoms with Crippen LogP contribution in [0.1, 0.15) is 5.56 Å². The van der Waals surface area contributed by atoms with Crippen molar-refractivity contribution in [3.8, 4) is 0 Å². The highest BCUT2D eigenvalue weighted by molar-refractivity contribution is 6.76. The van der Waals surface area contributed by atoms with E-state index in [2.05, 4.69) is 24.6 Å². The fraction of sp³-hybridized carbons (Fsp3) is 0.421.